The highest BCUT2D eigenvalue weighted by Crippen LogP contribution is 2.37. The second kappa shape index (κ2) is 9.16. The van der Waals surface area contributed by atoms with Gasteiger partial charge >= 0.3 is 0 Å². The quantitative estimate of drug-likeness (QED) is 0.360. The molecule has 3 heterocycles. The van der Waals surface area contributed by atoms with Crippen LogP contribution in [0.2, 0.25) is 0 Å². The van der Waals surface area contributed by atoms with E-state index in [4.69, 9.17) is 4.98 Å². The Morgan fingerprint density at radius 1 is 1.16 bits per heavy atom. The van der Waals surface area contributed by atoms with Gasteiger partial charge < -0.3 is 9.88 Å². The smallest absolute Gasteiger partial charge is 0.273 e. The molecule has 5 rings (SSSR count). The molecule has 32 heavy (non-hydrogen) atoms. The summed E-state index contributed by atoms with van der Waals surface area (Å²) in [5.74, 6) is 0.923. The monoisotopic (exact) mass is 464 g/mol. The fourth-order valence-corrected chi connectivity index (χ4v) is 6.23. The lowest BCUT2D eigenvalue weighted by Gasteiger charge is -2.29. The molecule has 0 radical (unpaired) electrons. The lowest BCUT2D eigenvalue weighted by molar-refractivity contribution is 0.411. The van der Waals surface area contributed by atoms with Crippen molar-refractivity contribution < 1.29 is 0 Å². The molecule has 0 saturated heterocycles. The molecule has 0 bridgehead atoms. The summed E-state index contributed by atoms with van der Waals surface area (Å²) in [4.78, 5) is 18.0. The first-order valence-corrected chi connectivity index (χ1v) is 13.0. The van der Waals surface area contributed by atoms with Crippen molar-refractivity contribution in [2.45, 2.75) is 58.0 Å². The van der Waals surface area contributed by atoms with Crippen molar-refractivity contribution in [1.82, 2.24) is 13.9 Å². The minimum Gasteiger partial charge on any atom is -0.378 e. The molecule has 1 aromatic carbocycles. The third-order valence-corrected chi connectivity index (χ3v) is 7.95. The van der Waals surface area contributed by atoms with Gasteiger partial charge in [0.15, 0.2) is 0 Å². The van der Waals surface area contributed by atoms with Gasteiger partial charge in [-0.3, -0.25) is 4.79 Å². The van der Waals surface area contributed by atoms with Gasteiger partial charge in [0.2, 0.25) is 0 Å². The zero-order chi connectivity index (χ0) is 22.1. The summed E-state index contributed by atoms with van der Waals surface area (Å²) in [7, 11) is 0. The van der Waals surface area contributed by atoms with Crippen LogP contribution in [0.1, 0.15) is 50.5 Å². The van der Waals surface area contributed by atoms with E-state index in [1.165, 1.54) is 21.2 Å². The first-order valence-electron chi connectivity index (χ1n) is 11.3. The Hall–Kier alpha value is -2.51. The highest BCUT2D eigenvalue weighted by atomic mass is 32.1. The highest BCUT2D eigenvalue weighted by molar-refractivity contribution is 7.18. The molecule has 0 unspecified atom stereocenters. The first-order chi connectivity index (χ1) is 15.6. The van der Waals surface area contributed by atoms with Crippen molar-refractivity contribution in [3.8, 4) is 11.1 Å². The predicted molar refractivity (Wildman–Crippen MR) is 135 cm³/mol. The second-order valence-electron chi connectivity index (χ2n) is 9.12. The van der Waals surface area contributed by atoms with E-state index in [0.29, 0.717) is 30.1 Å². The van der Waals surface area contributed by atoms with Crippen LogP contribution in [-0.2, 0) is 6.54 Å². The predicted octanol–water partition coefficient (Wildman–Crippen LogP) is 6.38. The zero-order valence-corrected chi connectivity index (χ0v) is 20.1. The van der Waals surface area contributed by atoms with Crippen LogP contribution in [0.3, 0.4) is 0 Å². The van der Waals surface area contributed by atoms with Gasteiger partial charge in [-0.1, -0.05) is 26.0 Å². The van der Waals surface area contributed by atoms with Crippen molar-refractivity contribution in [3.05, 3.63) is 63.5 Å². The number of aromatic nitrogens is 3. The molecule has 3 aromatic heterocycles. The summed E-state index contributed by atoms with van der Waals surface area (Å²) in [6.45, 7) is 4.99. The fourth-order valence-electron chi connectivity index (χ4n) is 4.54. The van der Waals surface area contributed by atoms with Gasteiger partial charge in [-0.2, -0.15) is 0 Å². The molecule has 0 aliphatic heterocycles. The van der Waals surface area contributed by atoms with Crippen molar-refractivity contribution in [2.24, 2.45) is 5.92 Å². The van der Waals surface area contributed by atoms with Gasteiger partial charge in [0.25, 0.3) is 5.56 Å². The van der Waals surface area contributed by atoms with Crippen LogP contribution < -0.4 is 10.9 Å². The molecule has 1 N–H and O–H groups in total. The van der Waals surface area contributed by atoms with E-state index in [9.17, 15) is 4.79 Å². The number of fused-ring (bicyclic) bond motifs is 1. The van der Waals surface area contributed by atoms with Crippen LogP contribution in [0.4, 0.5) is 5.69 Å². The minimum atomic E-state index is 0.0685. The van der Waals surface area contributed by atoms with E-state index in [-0.39, 0.29) is 5.56 Å². The van der Waals surface area contributed by atoms with E-state index < -0.39 is 0 Å². The average Bonchev–Trinajstić information content (AvgIpc) is 3.46. The normalized spacial score (nSPS) is 19.0. The van der Waals surface area contributed by atoms with E-state index in [0.717, 1.165) is 42.3 Å². The van der Waals surface area contributed by atoms with Gasteiger partial charge in [-0.25, -0.2) is 9.36 Å². The molecule has 4 aromatic rings. The third-order valence-electron chi connectivity index (χ3n) is 6.16. The number of hydrogen-bond acceptors (Lipinski definition) is 6. The zero-order valence-electron chi connectivity index (χ0n) is 18.5. The Balaban J connectivity index is 1.33. The maximum Gasteiger partial charge on any atom is 0.273 e. The molecule has 1 saturated carbocycles. The highest BCUT2D eigenvalue weighted by Gasteiger charge is 2.25. The maximum atomic E-state index is 13.2. The van der Waals surface area contributed by atoms with Crippen LogP contribution in [0, 0.1) is 5.92 Å². The van der Waals surface area contributed by atoms with Crippen LogP contribution in [0.5, 0.6) is 0 Å². The summed E-state index contributed by atoms with van der Waals surface area (Å²) < 4.78 is 7.36. The second-order valence-corrected chi connectivity index (χ2v) is 10.8. The molecule has 1 aliphatic carbocycles. The van der Waals surface area contributed by atoms with E-state index in [1.807, 2.05) is 39.7 Å². The molecule has 0 atom stereocenters. The molecule has 0 spiro atoms. The van der Waals surface area contributed by atoms with E-state index in [1.54, 1.807) is 0 Å². The number of nitrogens with one attached hydrogen (secondary N) is 1. The fraction of sp³-hybridized carbons (Fsp3) is 0.400. The van der Waals surface area contributed by atoms with Crippen molar-refractivity contribution >= 4 is 38.8 Å². The SMILES string of the molecule is CC(C)Cn1cc(-c2cnsc2)cc(NC2CCC(c3nc4ccccc4s3)CC2)c1=O. The number of anilines is 1. The van der Waals surface area contributed by atoms with Gasteiger partial charge in [-0.15, -0.1) is 11.3 Å². The lowest BCUT2D eigenvalue weighted by atomic mass is 9.86. The van der Waals surface area contributed by atoms with Crippen LogP contribution in [0.25, 0.3) is 21.3 Å². The molecule has 0 amide bonds. The number of nitrogens with zero attached hydrogens (tertiary/aromatic N) is 3. The van der Waals surface area contributed by atoms with Crippen molar-refractivity contribution in [1.29, 1.82) is 0 Å². The Kier molecular flexibility index (Phi) is 6.11. The number of pyridine rings is 1. The summed E-state index contributed by atoms with van der Waals surface area (Å²) in [5.41, 5.74) is 4.00. The standard InChI is InChI=1S/C25H28N4OS2/c1-16(2)13-29-14-18(19-12-26-31-15-19)11-22(25(29)30)27-20-9-7-17(8-10-20)24-28-21-5-3-4-6-23(21)32-24/h3-6,11-12,14-17,20,27H,7-10,13H2,1-2H3. The molecular formula is C25H28N4OS2. The Morgan fingerprint density at radius 2 is 1.97 bits per heavy atom. The van der Waals surface area contributed by atoms with Gasteiger partial charge in [0.1, 0.15) is 5.69 Å². The number of hydrogen-bond donors (Lipinski definition) is 1. The largest absolute Gasteiger partial charge is 0.378 e. The average molecular weight is 465 g/mol. The number of rotatable bonds is 6. The number of benzene rings is 1. The van der Waals surface area contributed by atoms with Crippen LogP contribution in [-0.4, -0.2) is 20.0 Å². The summed E-state index contributed by atoms with van der Waals surface area (Å²) in [6, 6.07) is 10.7. The summed E-state index contributed by atoms with van der Waals surface area (Å²) >= 11 is 3.27. The molecule has 1 aliphatic rings. The Bertz CT molecular complexity index is 1220. The molecule has 5 nitrogen and oxygen atoms in total. The van der Waals surface area contributed by atoms with Gasteiger partial charge in [-0.05, 0) is 61.3 Å². The Morgan fingerprint density at radius 3 is 2.69 bits per heavy atom. The van der Waals surface area contributed by atoms with Gasteiger partial charge in [0.05, 0.1) is 15.2 Å². The van der Waals surface area contributed by atoms with E-state index in [2.05, 4.69) is 47.8 Å². The lowest BCUT2D eigenvalue weighted by Crippen LogP contribution is -2.31. The molecule has 166 valence electrons. The Labute approximate surface area is 196 Å². The topological polar surface area (TPSA) is 59.8 Å². The minimum absolute atomic E-state index is 0.0685. The summed E-state index contributed by atoms with van der Waals surface area (Å²) in [6.07, 6.45) is 8.15. The number of para-hydroxylation sites is 1. The van der Waals surface area contributed by atoms with E-state index >= 15 is 0 Å². The molecule has 1 fully saturated rings. The first kappa shape index (κ1) is 21.3. The van der Waals surface area contributed by atoms with Gasteiger partial charge in [0, 0.05) is 47.4 Å². The van der Waals surface area contributed by atoms with Crippen molar-refractivity contribution in [3.63, 3.8) is 0 Å². The summed E-state index contributed by atoms with van der Waals surface area (Å²) in [5, 5.41) is 6.89. The maximum absolute atomic E-state index is 13.2. The van der Waals surface area contributed by atoms with Crippen LogP contribution >= 0.6 is 22.9 Å². The number of thiazole rings is 1. The van der Waals surface area contributed by atoms with Crippen LogP contribution in [0.15, 0.2) is 52.9 Å². The third kappa shape index (κ3) is 4.50. The van der Waals surface area contributed by atoms with Crippen molar-refractivity contribution in [2.75, 3.05) is 5.32 Å². The molecule has 7 heteroatoms. The molecular weight excluding hydrogens is 436 g/mol.